The van der Waals surface area contributed by atoms with Gasteiger partial charge in [0, 0.05) is 0 Å². The Morgan fingerprint density at radius 3 is 1.49 bits per heavy atom. The molecule has 384 valence electrons. The molecule has 0 aliphatic carbocycles. The molecule has 22 heteroatoms. The lowest BCUT2D eigenvalue weighted by Gasteiger charge is -2.30. The van der Waals surface area contributed by atoms with Crippen molar-refractivity contribution in [1.82, 2.24) is 42.5 Å². The molecule has 0 saturated carbocycles. The van der Waals surface area contributed by atoms with Gasteiger partial charge < -0.3 is 69.3 Å². The molecular weight excluding hydrogens is 885 g/mol. The van der Waals surface area contributed by atoms with E-state index in [4.69, 9.17) is 11.5 Å². The zero-order valence-electron chi connectivity index (χ0n) is 40.9. The van der Waals surface area contributed by atoms with Crippen LogP contribution in [0.1, 0.15) is 100.0 Å². The molecule has 0 heterocycles. The fourth-order valence-corrected chi connectivity index (χ4v) is 6.81. The third kappa shape index (κ3) is 20.7. The number of hydrogen-bond acceptors (Lipinski definition) is 13. The summed E-state index contributed by atoms with van der Waals surface area (Å²) in [6.45, 7) is 13.5. The van der Waals surface area contributed by atoms with E-state index in [1.165, 1.54) is 6.92 Å². The molecular formula is C46H78N10O12. The highest BCUT2D eigenvalue weighted by molar-refractivity contribution is 5.98. The van der Waals surface area contributed by atoms with Crippen LogP contribution in [0.2, 0.25) is 0 Å². The quantitative estimate of drug-likeness (QED) is 0.0360. The van der Waals surface area contributed by atoms with Gasteiger partial charge >= 0.3 is 5.97 Å². The minimum atomic E-state index is -1.63. The van der Waals surface area contributed by atoms with Crippen molar-refractivity contribution < 1.29 is 58.5 Å². The molecule has 1 aromatic rings. The number of amides is 8. The lowest BCUT2D eigenvalue weighted by molar-refractivity contribution is -0.143. The molecule has 22 nitrogen and oxygen atoms in total. The number of benzene rings is 1. The Bertz CT molecular complexity index is 1820. The Hall–Kier alpha value is -5.71. The summed E-state index contributed by atoms with van der Waals surface area (Å²) < 4.78 is 0. The smallest absolute Gasteiger partial charge is 0.328 e. The number of aliphatic hydroxyl groups excluding tert-OH is 2. The van der Waals surface area contributed by atoms with Crippen LogP contribution in [0.4, 0.5) is 0 Å². The number of rotatable bonds is 31. The Labute approximate surface area is 399 Å². The van der Waals surface area contributed by atoms with E-state index in [-0.39, 0.29) is 31.7 Å². The lowest BCUT2D eigenvalue weighted by Crippen LogP contribution is -2.62. The van der Waals surface area contributed by atoms with Gasteiger partial charge in [0.25, 0.3) is 0 Å². The lowest BCUT2D eigenvalue weighted by atomic mass is 9.96. The number of aliphatic hydroxyl groups is 2. The fourth-order valence-electron chi connectivity index (χ4n) is 6.81. The summed E-state index contributed by atoms with van der Waals surface area (Å²) in [6.07, 6.45) is 1.65. The van der Waals surface area contributed by atoms with Crippen LogP contribution in [-0.4, -0.2) is 143 Å². The van der Waals surface area contributed by atoms with Gasteiger partial charge in [0.15, 0.2) is 0 Å². The van der Waals surface area contributed by atoms with Crippen LogP contribution in [0.3, 0.4) is 0 Å². The van der Waals surface area contributed by atoms with Gasteiger partial charge in [-0.2, -0.15) is 0 Å². The van der Waals surface area contributed by atoms with Gasteiger partial charge in [-0.25, -0.2) is 4.79 Å². The average Bonchev–Trinajstić information content (AvgIpc) is 3.28. The number of carbonyl (C=O) groups is 9. The summed E-state index contributed by atoms with van der Waals surface area (Å²) in [6, 6.07) is -2.40. The van der Waals surface area contributed by atoms with Gasteiger partial charge in [-0.05, 0) is 74.8 Å². The third-order valence-electron chi connectivity index (χ3n) is 11.2. The molecule has 1 aromatic carbocycles. The van der Waals surface area contributed by atoms with E-state index in [1.54, 1.807) is 55.4 Å². The summed E-state index contributed by atoms with van der Waals surface area (Å²) in [5, 5.41) is 49.3. The first-order valence-electron chi connectivity index (χ1n) is 23.3. The van der Waals surface area contributed by atoms with E-state index in [1.807, 2.05) is 30.3 Å². The normalized spacial score (nSPS) is 15.8. The number of carbonyl (C=O) groups excluding carboxylic acids is 8. The Kier molecular flexibility index (Phi) is 27.2. The number of aliphatic carboxylic acids is 1. The predicted molar refractivity (Wildman–Crippen MR) is 253 cm³/mol. The predicted octanol–water partition coefficient (Wildman–Crippen LogP) is -1.94. The van der Waals surface area contributed by atoms with Gasteiger partial charge in [-0.15, -0.1) is 0 Å². The molecule has 1 rings (SSSR count). The van der Waals surface area contributed by atoms with Crippen LogP contribution in [0.25, 0.3) is 0 Å². The first kappa shape index (κ1) is 60.3. The highest BCUT2D eigenvalue weighted by Crippen LogP contribution is 2.13. The zero-order valence-corrected chi connectivity index (χ0v) is 40.9. The maximum absolute atomic E-state index is 13.8. The van der Waals surface area contributed by atoms with E-state index in [2.05, 4.69) is 42.5 Å². The van der Waals surface area contributed by atoms with E-state index < -0.39 is 139 Å². The summed E-state index contributed by atoms with van der Waals surface area (Å²) >= 11 is 0. The second-order valence-electron chi connectivity index (χ2n) is 18.2. The Morgan fingerprint density at radius 2 is 1.00 bits per heavy atom. The van der Waals surface area contributed by atoms with Crippen molar-refractivity contribution in [3.8, 4) is 0 Å². The fraction of sp³-hybridized carbons (Fsp3) is 0.674. The first-order valence-corrected chi connectivity index (χ1v) is 23.3. The topological polar surface area (TPSA) is 363 Å². The van der Waals surface area contributed by atoms with Crippen LogP contribution < -0.4 is 54.0 Å². The van der Waals surface area contributed by atoms with Crippen molar-refractivity contribution >= 4 is 53.2 Å². The number of carboxylic acid groups (broad SMARTS) is 1. The molecule has 8 amide bonds. The molecule has 0 bridgehead atoms. The first-order chi connectivity index (χ1) is 31.9. The number of hydrogen-bond donors (Lipinski definition) is 13. The number of carboxylic acids is 1. The van der Waals surface area contributed by atoms with Crippen molar-refractivity contribution in [1.29, 1.82) is 0 Å². The molecule has 0 radical (unpaired) electrons. The summed E-state index contributed by atoms with van der Waals surface area (Å²) in [4.78, 5) is 119. The largest absolute Gasteiger partial charge is 0.480 e. The monoisotopic (exact) mass is 963 g/mol. The molecule has 0 unspecified atom stereocenters. The molecule has 0 aliphatic rings. The van der Waals surface area contributed by atoms with Gasteiger partial charge in [-0.3, -0.25) is 38.4 Å². The van der Waals surface area contributed by atoms with E-state index in [0.717, 1.165) is 5.56 Å². The van der Waals surface area contributed by atoms with Gasteiger partial charge in [0.2, 0.25) is 47.3 Å². The second kappa shape index (κ2) is 30.6. The van der Waals surface area contributed by atoms with Gasteiger partial charge in [-0.1, -0.05) is 92.1 Å². The molecule has 68 heavy (non-hydrogen) atoms. The van der Waals surface area contributed by atoms with Crippen LogP contribution in [-0.2, 0) is 49.6 Å². The van der Waals surface area contributed by atoms with E-state index in [0.29, 0.717) is 19.3 Å². The average molecular weight is 963 g/mol. The molecule has 10 atom stereocenters. The highest BCUT2D eigenvalue weighted by atomic mass is 16.4. The Balaban J connectivity index is 3.17. The van der Waals surface area contributed by atoms with Crippen molar-refractivity contribution in [2.24, 2.45) is 35.1 Å². The summed E-state index contributed by atoms with van der Waals surface area (Å²) in [7, 11) is 0. The molecule has 15 N–H and O–H groups in total. The van der Waals surface area contributed by atoms with Gasteiger partial charge in [0.1, 0.15) is 48.3 Å². The SMILES string of the molecule is CC[C@H](C)[C@H](NC(=O)[C@H](C)NC(=O)[C@@H](N)Cc1ccccc1)C(=O)N[C@H](C(=O)N[C@@H](CO)C(=O)N[C@@H](CC(C)C)C(=O)N[C@H](C(=O)N[C@@H](CCCCN)C(=O)N[C@@H](CO)C(=O)O)C(C)C)C(C)C. The second-order valence-corrected chi connectivity index (χ2v) is 18.2. The van der Waals surface area contributed by atoms with E-state index >= 15 is 0 Å². The minimum absolute atomic E-state index is 0.0497. The Morgan fingerprint density at radius 1 is 0.544 bits per heavy atom. The van der Waals surface area contributed by atoms with Crippen LogP contribution >= 0.6 is 0 Å². The molecule has 0 fully saturated rings. The van der Waals surface area contributed by atoms with Crippen LogP contribution in [0.15, 0.2) is 30.3 Å². The zero-order chi connectivity index (χ0) is 51.8. The summed E-state index contributed by atoms with van der Waals surface area (Å²) in [5.41, 5.74) is 12.5. The minimum Gasteiger partial charge on any atom is -0.480 e. The molecule has 0 spiro atoms. The number of nitrogens with one attached hydrogen (secondary N) is 8. The molecule has 0 aromatic heterocycles. The summed E-state index contributed by atoms with van der Waals surface area (Å²) in [5.74, 6) is -9.50. The number of unbranched alkanes of at least 4 members (excludes halogenated alkanes) is 1. The molecule has 0 saturated heterocycles. The maximum Gasteiger partial charge on any atom is 0.328 e. The van der Waals surface area contributed by atoms with Crippen LogP contribution in [0, 0.1) is 23.7 Å². The van der Waals surface area contributed by atoms with Crippen molar-refractivity contribution in [2.45, 2.75) is 155 Å². The van der Waals surface area contributed by atoms with Crippen LogP contribution in [0.5, 0.6) is 0 Å². The molecule has 0 aliphatic heterocycles. The standard InChI is InChI=1S/C46H78N10O12/c1-10-27(8)37(56-38(59)28(9)49-39(60)30(48)21-29-16-12-11-13-17-29)45(66)55-36(26(6)7)44(65)52-33(22-57)42(63)51-32(20-24(2)3)41(62)54-35(25(4)5)43(64)50-31(18-14-15-19-47)40(61)53-34(23-58)46(67)68/h11-13,16-17,24-28,30-37,57-58H,10,14-15,18-23,47-48H2,1-9H3,(H,49,60)(H,50,64)(H,51,63)(H,52,65)(H,53,61)(H,54,62)(H,55,66)(H,56,59)(H,67,68)/t27-,28-,30-,31-,32-,33-,34-,35-,36-,37-/m0/s1. The maximum atomic E-state index is 13.8. The van der Waals surface area contributed by atoms with Crippen molar-refractivity contribution in [3.05, 3.63) is 35.9 Å². The van der Waals surface area contributed by atoms with Crippen molar-refractivity contribution in [3.63, 3.8) is 0 Å². The van der Waals surface area contributed by atoms with Crippen molar-refractivity contribution in [2.75, 3.05) is 19.8 Å². The highest BCUT2D eigenvalue weighted by Gasteiger charge is 2.37. The van der Waals surface area contributed by atoms with E-state index in [9.17, 15) is 58.5 Å². The van der Waals surface area contributed by atoms with Gasteiger partial charge in [0.05, 0.1) is 19.3 Å². The number of nitrogens with two attached hydrogens (primary N) is 2. The third-order valence-corrected chi connectivity index (χ3v) is 11.2.